The number of amides is 1. The van der Waals surface area contributed by atoms with Gasteiger partial charge in [0.15, 0.2) is 0 Å². The van der Waals surface area contributed by atoms with Gasteiger partial charge in [-0.15, -0.1) is 11.1 Å². The van der Waals surface area contributed by atoms with Gasteiger partial charge in [0.05, 0.1) is 13.3 Å². The number of hydrogen-bond donors (Lipinski definition) is 1. The molecule has 0 saturated carbocycles. The molecule has 0 fully saturated rings. The Morgan fingerprint density at radius 1 is 1.25 bits per heavy atom. The topological polar surface area (TPSA) is 29.1 Å². The van der Waals surface area contributed by atoms with Gasteiger partial charge in [0, 0.05) is 11.0 Å². The molecule has 0 unspecified atom stereocenters. The minimum atomic E-state index is -1.11. The van der Waals surface area contributed by atoms with Gasteiger partial charge in [0.2, 0.25) is 5.91 Å². The summed E-state index contributed by atoms with van der Waals surface area (Å²) in [5, 5.41) is 2.89. The molecular weight excluding hydrogens is 257 g/mol. The van der Waals surface area contributed by atoms with Crippen LogP contribution in [0.5, 0.6) is 0 Å². The van der Waals surface area contributed by atoms with Crippen molar-refractivity contribution in [3.05, 3.63) is 35.4 Å². The van der Waals surface area contributed by atoms with Crippen LogP contribution in [0.4, 0.5) is 8.78 Å². The summed E-state index contributed by atoms with van der Waals surface area (Å²) in [5.41, 5.74) is -0.0178. The van der Waals surface area contributed by atoms with Crippen LogP contribution in [0.3, 0.4) is 0 Å². The molecule has 1 aliphatic rings. The van der Waals surface area contributed by atoms with E-state index >= 15 is 0 Å². The van der Waals surface area contributed by atoms with Crippen molar-refractivity contribution in [3.63, 3.8) is 0 Å². The van der Waals surface area contributed by atoms with Crippen LogP contribution in [-0.2, 0) is 15.7 Å². The van der Waals surface area contributed by atoms with Gasteiger partial charge in [0.1, 0.15) is 0 Å². The molecule has 0 bridgehead atoms. The molecule has 1 N–H and O–H groups in total. The first-order chi connectivity index (χ1) is 8.98. The van der Waals surface area contributed by atoms with Crippen LogP contribution in [0, 0.1) is 6.07 Å². The minimum Gasteiger partial charge on any atom is -1.00 e. The zero-order valence-electron chi connectivity index (χ0n) is 12.9. The largest absolute Gasteiger partial charge is 2.00 e. The van der Waals surface area contributed by atoms with Gasteiger partial charge in [-0.05, 0) is 26.7 Å². The second kappa shape index (κ2) is 6.01. The summed E-state index contributed by atoms with van der Waals surface area (Å²) in [6.45, 7) is 2.47. The summed E-state index contributed by atoms with van der Waals surface area (Å²) < 4.78 is 25.8. The summed E-state index contributed by atoms with van der Waals surface area (Å²) in [5.74, 6) is -0.292. The molecule has 106 valence electrons. The fourth-order valence-electron chi connectivity index (χ4n) is 2.91. The first kappa shape index (κ1) is 16.8. The van der Waals surface area contributed by atoms with Gasteiger partial charge in [-0.25, -0.2) is 0 Å². The molecule has 5 heteroatoms. The molecule has 20 heavy (non-hydrogen) atoms. The van der Waals surface area contributed by atoms with Crippen LogP contribution < -0.4 is 5.32 Å². The Labute approximate surface area is 123 Å². The first-order valence-corrected chi connectivity index (χ1v) is 6.43. The van der Waals surface area contributed by atoms with Crippen molar-refractivity contribution in [3.8, 4) is 0 Å². The molecule has 0 aromatic heterocycles. The Morgan fingerprint density at radius 2 is 1.85 bits per heavy atom. The van der Waals surface area contributed by atoms with Crippen LogP contribution in [0.25, 0.3) is 0 Å². The Kier molecular flexibility index (Phi) is 5.04. The van der Waals surface area contributed by atoms with Crippen molar-refractivity contribution in [2.45, 2.75) is 37.6 Å². The third kappa shape index (κ3) is 2.49. The maximum absolute atomic E-state index is 12.9. The summed E-state index contributed by atoms with van der Waals surface area (Å²) in [4.78, 5) is 12.4. The summed E-state index contributed by atoms with van der Waals surface area (Å²) in [7, 11) is 0. The van der Waals surface area contributed by atoms with Gasteiger partial charge in [-0.2, -0.15) is 24.3 Å². The molecular formula is C15H19BeF2NO. The van der Waals surface area contributed by atoms with E-state index < -0.39 is 24.3 Å². The number of benzene rings is 1. The van der Waals surface area contributed by atoms with Crippen LogP contribution >= 0.6 is 0 Å². The Bertz CT molecular complexity index is 490. The number of fused-ring (bicyclic) bond motifs is 1. The van der Waals surface area contributed by atoms with Gasteiger partial charge in [-0.3, -0.25) is 13.6 Å². The standard InChI is InChI=1S/C15H18F2NO.Be.H/c1-14(2)11-5-3-4-6-12(11)15(7-9-16,8-10-17)13(19)18-14;;/h3,5-6H,7-10H2,1-2H3,(H,18,19);;/q-1;+2;-1. The van der Waals surface area contributed by atoms with Gasteiger partial charge in [0.25, 0.3) is 0 Å². The molecule has 1 aromatic rings. The molecule has 1 aliphatic heterocycles. The number of halogens is 2. The Balaban J connectivity index is 0.00000200. The van der Waals surface area contributed by atoms with Crippen molar-refractivity contribution < 1.29 is 15.0 Å². The van der Waals surface area contributed by atoms with Gasteiger partial charge in [-0.1, -0.05) is 0 Å². The van der Waals surface area contributed by atoms with Crippen molar-refractivity contribution in [2.75, 3.05) is 13.3 Å². The number of alkyl halides is 2. The summed E-state index contributed by atoms with van der Waals surface area (Å²) in [6.07, 6.45) is 0.00731. The van der Waals surface area contributed by atoms with Gasteiger partial charge < -0.3 is 6.74 Å². The fraction of sp³-hybridized carbons (Fsp3) is 0.533. The zero-order valence-corrected chi connectivity index (χ0v) is 11.9. The number of carbonyl (C=O) groups is 1. The maximum atomic E-state index is 12.9. The van der Waals surface area contributed by atoms with Crippen LogP contribution in [0.2, 0.25) is 0 Å². The van der Waals surface area contributed by atoms with E-state index in [9.17, 15) is 13.6 Å². The number of hydrogen-bond acceptors (Lipinski definition) is 1. The SMILES string of the molecule is CC1(C)NC(=O)C(CCF)(CCF)c2c[c-]ccc21.[Be+2].[H-]. The molecule has 0 spiro atoms. The molecule has 0 aliphatic carbocycles. The number of carbonyl (C=O) groups excluding carboxylic acids is 1. The quantitative estimate of drug-likeness (QED) is 0.664. The maximum Gasteiger partial charge on any atom is 2.00 e. The van der Waals surface area contributed by atoms with E-state index in [0.29, 0.717) is 5.56 Å². The van der Waals surface area contributed by atoms with Crippen molar-refractivity contribution in [1.29, 1.82) is 0 Å². The number of rotatable bonds is 4. The smallest absolute Gasteiger partial charge is 1.00 e. The van der Waals surface area contributed by atoms with E-state index in [2.05, 4.69) is 11.4 Å². The fourth-order valence-corrected chi connectivity index (χ4v) is 2.91. The molecule has 2 nitrogen and oxygen atoms in total. The van der Waals surface area contributed by atoms with E-state index in [4.69, 9.17) is 0 Å². The average Bonchev–Trinajstić information content (AvgIpc) is 2.36. The van der Waals surface area contributed by atoms with Crippen molar-refractivity contribution >= 4 is 16.0 Å². The summed E-state index contributed by atoms with van der Waals surface area (Å²) >= 11 is 0. The van der Waals surface area contributed by atoms with E-state index in [1.165, 1.54) is 0 Å². The third-order valence-corrected chi connectivity index (χ3v) is 3.96. The van der Waals surface area contributed by atoms with E-state index in [0.717, 1.165) is 5.56 Å². The Hall–Kier alpha value is -1.28. The van der Waals surface area contributed by atoms with E-state index in [1.54, 1.807) is 12.1 Å². The van der Waals surface area contributed by atoms with Crippen LogP contribution in [0.15, 0.2) is 18.2 Å². The molecule has 0 atom stereocenters. The molecule has 2 rings (SSSR count). The monoisotopic (exact) mass is 276 g/mol. The predicted molar refractivity (Wildman–Crippen MR) is 76.2 cm³/mol. The van der Waals surface area contributed by atoms with E-state index in [1.807, 2.05) is 19.9 Å². The second-order valence-corrected chi connectivity index (χ2v) is 5.51. The van der Waals surface area contributed by atoms with Gasteiger partial charge >= 0.3 is 10.1 Å². The molecule has 1 amide bonds. The van der Waals surface area contributed by atoms with Crippen molar-refractivity contribution in [1.82, 2.24) is 5.32 Å². The predicted octanol–water partition coefficient (Wildman–Crippen LogP) is 2.54. The number of nitrogens with one attached hydrogen (secondary N) is 1. The molecule has 1 heterocycles. The third-order valence-electron chi connectivity index (χ3n) is 3.96. The zero-order chi connectivity index (χ0) is 14.1. The molecule has 1 aromatic carbocycles. The summed E-state index contributed by atoms with van der Waals surface area (Å²) in [6, 6.07) is 8.24. The van der Waals surface area contributed by atoms with Crippen LogP contribution in [-0.4, -0.2) is 29.4 Å². The first-order valence-electron chi connectivity index (χ1n) is 6.43. The molecule has 0 radical (unpaired) electrons. The average molecular weight is 276 g/mol. The van der Waals surface area contributed by atoms with Crippen LogP contribution in [0.1, 0.15) is 39.2 Å². The van der Waals surface area contributed by atoms with E-state index in [-0.39, 0.29) is 30.3 Å². The van der Waals surface area contributed by atoms with Crippen molar-refractivity contribution in [2.24, 2.45) is 0 Å². The second-order valence-electron chi connectivity index (χ2n) is 5.51. The molecule has 0 saturated heterocycles. The Morgan fingerprint density at radius 3 is 2.40 bits per heavy atom. The normalized spacial score (nSPS) is 18.7. The minimum absolute atomic E-state index is 0.